The minimum atomic E-state index is 0.0256. The third-order valence-corrected chi connectivity index (χ3v) is 3.51. The molecule has 0 aromatic carbocycles. The third kappa shape index (κ3) is 0.754. The second-order valence-electron chi connectivity index (χ2n) is 4.24. The van der Waals surface area contributed by atoms with Crippen molar-refractivity contribution in [1.29, 1.82) is 0 Å². The highest BCUT2D eigenvalue weighted by Gasteiger charge is 2.66. The van der Waals surface area contributed by atoms with Crippen molar-refractivity contribution in [2.45, 2.75) is 38.2 Å². The topological polar surface area (TPSA) is 26.3 Å². The van der Waals surface area contributed by atoms with E-state index in [4.69, 9.17) is 4.74 Å². The average molecular weight is 152 g/mol. The van der Waals surface area contributed by atoms with Gasteiger partial charge in [-0.1, -0.05) is 0 Å². The molecule has 60 valence electrons. The lowest BCUT2D eigenvalue weighted by Crippen LogP contribution is -2.10. The monoisotopic (exact) mass is 152 g/mol. The van der Waals surface area contributed by atoms with E-state index in [-0.39, 0.29) is 5.97 Å². The smallest absolute Gasteiger partial charge is 0.306 e. The SMILES string of the molecule is O=C1CCC(C2CC23CC3)O1. The second kappa shape index (κ2) is 1.62. The number of esters is 1. The lowest BCUT2D eigenvalue weighted by molar-refractivity contribution is -0.142. The number of rotatable bonds is 1. The summed E-state index contributed by atoms with van der Waals surface area (Å²) in [5.74, 6) is 0.784. The van der Waals surface area contributed by atoms with E-state index in [0.29, 0.717) is 17.9 Å². The molecule has 3 fully saturated rings. The van der Waals surface area contributed by atoms with Crippen molar-refractivity contribution in [2.24, 2.45) is 11.3 Å². The van der Waals surface area contributed by atoms with Gasteiger partial charge in [0.25, 0.3) is 0 Å². The standard InChI is InChI=1S/C9H12O2/c10-8-2-1-7(11-8)6-5-9(6)3-4-9/h6-7H,1-5H2. The first-order valence-corrected chi connectivity index (χ1v) is 4.50. The van der Waals surface area contributed by atoms with Gasteiger partial charge >= 0.3 is 5.97 Å². The first-order valence-electron chi connectivity index (χ1n) is 4.50. The molecule has 3 aliphatic rings. The van der Waals surface area contributed by atoms with Crippen LogP contribution in [0.5, 0.6) is 0 Å². The normalized spacial score (nSPS) is 44.2. The van der Waals surface area contributed by atoms with Gasteiger partial charge in [0.05, 0.1) is 0 Å². The number of carbonyl (C=O) groups is 1. The van der Waals surface area contributed by atoms with Crippen LogP contribution in [0.1, 0.15) is 32.1 Å². The summed E-state index contributed by atoms with van der Waals surface area (Å²) in [6, 6.07) is 0. The molecule has 2 atom stereocenters. The minimum Gasteiger partial charge on any atom is -0.462 e. The van der Waals surface area contributed by atoms with Gasteiger partial charge in [-0.05, 0) is 31.1 Å². The fraction of sp³-hybridized carbons (Fsp3) is 0.889. The second-order valence-corrected chi connectivity index (χ2v) is 4.24. The Balaban J connectivity index is 1.68. The van der Waals surface area contributed by atoms with E-state index in [1.54, 1.807) is 0 Å². The van der Waals surface area contributed by atoms with Gasteiger partial charge in [-0.2, -0.15) is 0 Å². The molecule has 0 radical (unpaired) electrons. The van der Waals surface area contributed by atoms with Crippen molar-refractivity contribution in [2.75, 3.05) is 0 Å². The van der Waals surface area contributed by atoms with Crippen LogP contribution in [0.3, 0.4) is 0 Å². The molecule has 2 heteroatoms. The zero-order chi connectivity index (χ0) is 7.47. The highest BCUT2D eigenvalue weighted by molar-refractivity contribution is 5.71. The van der Waals surface area contributed by atoms with Gasteiger partial charge in [0.1, 0.15) is 6.10 Å². The molecule has 0 aromatic heterocycles. The molecule has 0 bridgehead atoms. The Morgan fingerprint density at radius 1 is 1.45 bits per heavy atom. The Morgan fingerprint density at radius 2 is 2.27 bits per heavy atom. The van der Waals surface area contributed by atoms with E-state index in [1.807, 2.05) is 0 Å². The molecular formula is C9H12O2. The van der Waals surface area contributed by atoms with Gasteiger partial charge < -0.3 is 4.74 Å². The molecule has 0 amide bonds. The molecule has 2 saturated carbocycles. The molecule has 1 aliphatic heterocycles. The maximum Gasteiger partial charge on any atom is 0.306 e. The first kappa shape index (κ1) is 6.04. The lowest BCUT2D eigenvalue weighted by Gasteiger charge is -2.06. The number of carbonyl (C=O) groups excluding carboxylic acids is 1. The van der Waals surface area contributed by atoms with E-state index in [1.165, 1.54) is 19.3 Å². The summed E-state index contributed by atoms with van der Waals surface area (Å²) in [5.41, 5.74) is 0.690. The summed E-state index contributed by atoms with van der Waals surface area (Å²) in [4.78, 5) is 10.8. The Bertz CT molecular complexity index is 218. The summed E-state index contributed by atoms with van der Waals surface area (Å²) in [7, 11) is 0. The number of hydrogen-bond acceptors (Lipinski definition) is 2. The van der Waals surface area contributed by atoms with E-state index in [0.717, 1.165) is 12.3 Å². The Hall–Kier alpha value is -0.530. The number of ether oxygens (including phenoxy) is 1. The van der Waals surface area contributed by atoms with Gasteiger partial charge in [0.2, 0.25) is 0 Å². The maximum absolute atomic E-state index is 10.8. The van der Waals surface area contributed by atoms with Crippen molar-refractivity contribution in [3.63, 3.8) is 0 Å². The molecule has 2 unspecified atom stereocenters. The zero-order valence-corrected chi connectivity index (χ0v) is 6.51. The van der Waals surface area contributed by atoms with Crippen molar-refractivity contribution in [3.8, 4) is 0 Å². The zero-order valence-electron chi connectivity index (χ0n) is 6.51. The maximum atomic E-state index is 10.8. The summed E-state index contributed by atoms with van der Waals surface area (Å²) < 4.78 is 5.22. The van der Waals surface area contributed by atoms with Crippen molar-refractivity contribution in [1.82, 2.24) is 0 Å². The van der Waals surface area contributed by atoms with Crippen LogP contribution in [0.4, 0.5) is 0 Å². The summed E-state index contributed by atoms with van der Waals surface area (Å²) in [6.45, 7) is 0. The van der Waals surface area contributed by atoms with Crippen LogP contribution in [0, 0.1) is 11.3 Å². The molecule has 1 heterocycles. The van der Waals surface area contributed by atoms with Crippen LogP contribution < -0.4 is 0 Å². The van der Waals surface area contributed by atoms with E-state index >= 15 is 0 Å². The summed E-state index contributed by atoms with van der Waals surface area (Å²) in [6.07, 6.45) is 6.09. The summed E-state index contributed by atoms with van der Waals surface area (Å²) in [5, 5.41) is 0. The van der Waals surface area contributed by atoms with Crippen LogP contribution in [0.2, 0.25) is 0 Å². The van der Waals surface area contributed by atoms with E-state index in [9.17, 15) is 4.79 Å². The molecule has 1 saturated heterocycles. The van der Waals surface area contributed by atoms with Gasteiger partial charge in [0, 0.05) is 12.3 Å². The van der Waals surface area contributed by atoms with Crippen molar-refractivity contribution in [3.05, 3.63) is 0 Å². The molecule has 0 N–H and O–H groups in total. The van der Waals surface area contributed by atoms with Crippen LogP contribution in [-0.2, 0) is 9.53 Å². The summed E-state index contributed by atoms with van der Waals surface area (Å²) >= 11 is 0. The first-order chi connectivity index (χ1) is 5.30. The van der Waals surface area contributed by atoms with Crippen molar-refractivity contribution < 1.29 is 9.53 Å². The largest absolute Gasteiger partial charge is 0.462 e. The van der Waals surface area contributed by atoms with Crippen LogP contribution in [0.15, 0.2) is 0 Å². The fourth-order valence-corrected chi connectivity index (χ4v) is 2.47. The molecule has 3 rings (SSSR count). The van der Waals surface area contributed by atoms with Gasteiger partial charge in [-0.25, -0.2) is 0 Å². The highest BCUT2D eigenvalue weighted by atomic mass is 16.5. The Kier molecular flexibility index (Phi) is 0.890. The molecule has 11 heavy (non-hydrogen) atoms. The average Bonchev–Trinajstić information content (AvgIpc) is 2.87. The predicted octanol–water partition coefficient (Wildman–Crippen LogP) is 1.49. The predicted molar refractivity (Wildman–Crippen MR) is 38.9 cm³/mol. The van der Waals surface area contributed by atoms with Gasteiger partial charge in [-0.3, -0.25) is 4.79 Å². The quantitative estimate of drug-likeness (QED) is 0.532. The lowest BCUT2D eigenvalue weighted by atomic mass is 10.1. The van der Waals surface area contributed by atoms with Crippen LogP contribution >= 0.6 is 0 Å². The number of hydrogen-bond donors (Lipinski definition) is 0. The van der Waals surface area contributed by atoms with E-state index in [2.05, 4.69) is 0 Å². The minimum absolute atomic E-state index is 0.0256. The van der Waals surface area contributed by atoms with E-state index < -0.39 is 0 Å². The number of cyclic esters (lactones) is 1. The molecule has 0 aromatic rings. The van der Waals surface area contributed by atoms with Crippen molar-refractivity contribution >= 4 is 5.97 Å². The molecule has 2 nitrogen and oxygen atoms in total. The molecular weight excluding hydrogens is 140 g/mol. The third-order valence-electron chi connectivity index (χ3n) is 3.51. The Labute approximate surface area is 65.9 Å². The Morgan fingerprint density at radius 3 is 2.73 bits per heavy atom. The van der Waals surface area contributed by atoms with Gasteiger partial charge in [-0.15, -0.1) is 0 Å². The van der Waals surface area contributed by atoms with Gasteiger partial charge in [0.15, 0.2) is 0 Å². The van der Waals surface area contributed by atoms with Crippen LogP contribution in [0.25, 0.3) is 0 Å². The molecule has 2 aliphatic carbocycles. The fourth-order valence-electron chi connectivity index (χ4n) is 2.47. The molecule has 1 spiro atoms. The van der Waals surface area contributed by atoms with Crippen LogP contribution in [-0.4, -0.2) is 12.1 Å². The highest BCUT2D eigenvalue weighted by Crippen LogP contribution is 2.72.